The molecule has 0 aliphatic heterocycles. The fraction of sp³-hybridized carbons (Fsp3) is 0.414. The highest BCUT2D eigenvalue weighted by molar-refractivity contribution is 6.25. The molecule has 0 spiro atoms. The van der Waals surface area contributed by atoms with Gasteiger partial charge in [-0.1, -0.05) is 6.07 Å². The van der Waals surface area contributed by atoms with Crippen LogP contribution in [0.1, 0.15) is 40.5 Å². The number of nitrogens with zero attached hydrogens (tertiary/aromatic N) is 2. The maximum absolute atomic E-state index is 13.9. The number of aromatic nitrogens is 1. The second kappa shape index (κ2) is 9.48. The van der Waals surface area contributed by atoms with Crippen LogP contribution in [0.25, 0.3) is 0 Å². The molecule has 39 heavy (non-hydrogen) atoms. The zero-order valence-corrected chi connectivity index (χ0v) is 22.5. The fourth-order valence-electron chi connectivity index (χ4n) is 6.83. The van der Waals surface area contributed by atoms with Crippen molar-refractivity contribution in [2.75, 3.05) is 14.1 Å². The minimum absolute atomic E-state index is 0.133. The third-order valence-corrected chi connectivity index (χ3v) is 8.74. The van der Waals surface area contributed by atoms with E-state index in [1.54, 1.807) is 25.1 Å². The van der Waals surface area contributed by atoms with E-state index in [4.69, 9.17) is 5.73 Å². The Labute approximate surface area is 226 Å². The molecule has 0 fully saturated rings. The van der Waals surface area contributed by atoms with E-state index in [1.165, 1.54) is 13.0 Å². The van der Waals surface area contributed by atoms with Crippen molar-refractivity contribution in [1.29, 1.82) is 0 Å². The molecule has 4 atom stereocenters. The van der Waals surface area contributed by atoms with Crippen LogP contribution < -0.4 is 11.1 Å². The number of aliphatic hydroxyl groups is 2. The average molecular weight is 535 g/mol. The molecule has 1 aromatic carbocycles. The van der Waals surface area contributed by atoms with Crippen LogP contribution in [-0.2, 0) is 36.1 Å². The van der Waals surface area contributed by atoms with Gasteiger partial charge in [0.15, 0.2) is 11.4 Å². The van der Waals surface area contributed by atoms with Gasteiger partial charge in [0.2, 0.25) is 5.78 Å². The lowest BCUT2D eigenvalue weighted by Gasteiger charge is -2.51. The van der Waals surface area contributed by atoms with E-state index in [1.807, 2.05) is 29.9 Å². The monoisotopic (exact) mass is 534 g/mol. The molecular weight excluding hydrogens is 500 g/mol. The van der Waals surface area contributed by atoms with Gasteiger partial charge >= 0.3 is 0 Å². The number of amides is 1. The Morgan fingerprint density at radius 2 is 1.92 bits per heavy atom. The van der Waals surface area contributed by atoms with Gasteiger partial charge in [0, 0.05) is 43.5 Å². The summed E-state index contributed by atoms with van der Waals surface area (Å²) in [5.74, 6) is -4.38. The van der Waals surface area contributed by atoms with Crippen LogP contribution in [0.4, 0.5) is 0 Å². The molecule has 3 aliphatic carbocycles. The Morgan fingerprint density at radius 1 is 1.21 bits per heavy atom. The first-order valence-electron chi connectivity index (χ1n) is 13.0. The number of ketones is 2. The third-order valence-electron chi connectivity index (χ3n) is 8.74. The van der Waals surface area contributed by atoms with Crippen molar-refractivity contribution in [3.8, 4) is 5.75 Å². The number of nitrogens with two attached hydrogens (primary N) is 1. The van der Waals surface area contributed by atoms with Crippen molar-refractivity contribution in [2.45, 2.75) is 44.5 Å². The van der Waals surface area contributed by atoms with E-state index in [0.29, 0.717) is 19.5 Å². The third kappa shape index (κ3) is 3.93. The Kier molecular flexibility index (Phi) is 6.53. The number of hydrogen-bond donors (Lipinski definition) is 5. The number of fused-ring (bicyclic) bond motifs is 3. The molecule has 1 amide bonds. The van der Waals surface area contributed by atoms with Crippen LogP contribution in [0, 0.1) is 11.8 Å². The van der Waals surface area contributed by atoms with E-state index in [-0.39, 0.29) is 34.8 Å². The lowest BCUT2D eigenvalue weighted by Crippen LogP contribution is -2.63. The average Bonchev–Trinajstić information content (AvgIpc) is 3.26. The van der Waals surface area contributed by atoms with E-state index in [2.05, 4.69) is 5.32 Å². The number of primary amides is 1. The largest absolute Gasteiger partial charge is 0.510 e. The number of likely N-dealkylation sites (N-methyl/N-ethyl adjacent to an activating group) is 1. The van der Waals surface area contributed by atoms with Crippen molar-refractivity contribution in [2.24, 2.45) is 24.6 Å². The van der Waals surface area contributed by atoms with E-state index in [9.17, 15) is 29.7 Å². The summed E-state index contributed by atoms with van der Waals surface area (Å²) in [4.78, 5) is 41.2. The summed E-state index contributed by atoms with van der Waals surface area (Å²) in [7, 11) is 5.33. The number of phenols is 1. The summed E-state index contributed by atoms with van der Waals surface area (Å²) in [6.07, 6.45) is 2.59. The summed E-state index contributed by atoms with van der Waals surface area (Å²) in [5.41, 5.74) is 5.87. The number of phenolic OH excluding ortho intramolecular Hbond substituents is 1. The molecule has 10 heteroatoms. The van der Waals surface area contributed by atoms with Gasteiger partial charge in [-0.05, 0) is 74.7 Å². The molecule has 0 bridgehead atoms. The van der Waals surface area contributed by atoms with Gasteiger partial charge in [0.05, 0.1) is 11.6 Å². The lowest BCUT2D eigenvalue weighted by atomic mass is 9.56. The summed E-state index contributed by atoms with van der Waals surface area (Å²) in [6, 6.07) is 6.42. The Balaban J connectivity index is 1.57. The topological polar surface area (TPSA) is 158 Å². The van der Waals surface area contributed by atoms with Crippen LogP contribution >= 0.6 is 0 Å². The number of carbonyl (C=O) groups is 3. The summed E-state index contributed by atoms with van der Waals surface area (Å²) >= 11 is 0. The van der Waals surface area contributed by atoms with Gasteiger partial charge in [0.25, 0.3) is 5.91 Å². The van der Waals surface area contributed by atoms with Gasteiger partial charge < -0.3 is 30.9 Å². The first-order chi connectivity index (χ1) is 18.4. The summed E-state index contributed by atoms with van der Waals surface area (Å²) in [6.45, 7) is 2.62. The number of aryl methyl sites for hydroxylation is 1. The quantitative estimate of drug-likeness (QED) is 0.347. The molecule has 0 saturated heterocycles. The van der Waals surface area contributed by atoms with Crippen LogP contribution in [0.3, 0.4) is 0 Å². The fourth-order valence-corrected chi connectivity index (χ4v) is 6.83. The molecule has 6 N–H and O–H groups in total. The predicted molar refractivity (Wildman–Crippen MR) is 143 cm³/mol. The number of hydrogen-bond acceptors (Lipinski definition) is 8. The summed E-state index contributed by atoms with van der Waals surface area (Å²) < 4.78 is 2.02. The number of rotatable bonds is 6. The van der Waals surface area contributed by atoms with Crippen molar-refractivity contribution in [1.82, 2.24) is 14.8 Å². The van der Waals surface area contributed by atoms with Crippen molar-refractivity contribution in [3.05, 3.63) is 75.3 Å². The summed E-state index contributed by atoms with van der Waals surface area (Å²) in [5, 5.41) is 37.0. The molecule has 10 nitrogen and oxygen atoms in total. The standard InChI is InChI=1S/C29H34N4O6/c1-14-21-16(11-19-24(32(2)3)26(36)23(28(30)38)27(37)29(14,19)39)10-18-15(7-8-20(34)22(18)25(21)35)12-31-13-17-6-5-9-33(17)4/h5-9,16,19,24,31,34,36,39H,10-13H2,1-4H3,(H2,30,38)/t16-,19-,24-,29+/m0/s1. The van der Waals surface area contributed by atoms with Gasteiger partial charge in [-0.3, -0.25) is 19.3 Å². The zero-order chi connectivity index (χ0) is 28.4. The van der Waals surface area contributed by atoms with Crippen LogP contribution in [0.5, 0.6) is 5.75 Å². The minimum atomic E-state index is -2.20. The van der Waals surface area contributed by atoms with E-state index in [0.717, 1.165) is 16.8 Å². The van der Waals surface area contributed by atoms with Gasteiger partial charge in [0.1, 0.15) is 17.1 Å². The Bertz CT molecular complexity index is 1470. The SMILES string of the molecule is CC1=C2C(=O)c3c(O)ccc(CNCc4cccn4C)c3C[C@H]2C[C@H]2[C@H](N(C)C)C(O)=C(C(N)=O)C(=O)[C@@]12O. The predicted octanol–water partition coefficient (Wildman–Crippen LogP) is 1.25. The highest BCUT2D eigenvalue weighted by Gasteiger charge is 2.61. The normalized spacial score (nSPS) is 26.6. The first kappa shape index (κ1) is 26.9. The molecule has 2 aromatic rings. The van der Waals surface area contributed by atoms with Crippen molar-refractivity contribution < 1.29 is 29.7 Å². The van der Waals surface area contributed by atoms with Gasteiger partial charge in [-0.15, -0.1) is 0 Å². The molecule has 0 radical (unpaired) electrons. The minimum Gasteiger partial charge on any atom is -0.510 e. The van der Waals surface area contributed by atoms with E-state index < -0.39 is 46.4 Å². The number of aromatic hydroxyl groups is 1. The molecular formula is C29H34N4O6. The van der Waals surface area contributed by atoms with Crippen LogP contribution in [0.2, 0.25) is 0 Å². The maximum atomic E-state index is 13.9. The molecule has 1 aromatic heterocycles. The first-order valence-corrected chi connectivity index (χ1v) is 13.0. The van der Waals surface area contributed by atoms with Crippen molar-refractivity contribution in [3.63, 3.8) is 0 Å². The molecule has 5 rings (SSSR count). The number of Topliss-reactive ketones (excluding diaryl/α,β-unsaturated/α-hetero) is 2. The van der Waals surface area contributed by atoms with Crippen LogP contribution in [0.15, 0.2) is 52.9 Å². The number of aliphatic hydroxyl groups excluding tert-OH is 1. The lowest BCUT2D eigenvalue weighted by molar-refractivity contribution is -0.143. The number of allylic oxidation sites excluding steroid dienone is 1. The molecule has 1 heterocycles. The maximum Gasteiger partial charge on any atom is 0.255 e. The Morgan fingerprint density at radius 3 is 2.54 bits per heavy atom. The number of carbonyl (C=O) groups excluding carboxylic acids is 3. The number of nitrogens with one attached hydrogen (secondary N) is 1. The van der Waals surface area contributed by atoms with E-state index >= 15 is 0 Å². The molecule has 0 unspecified atom stereocenters. The second-order valence-corrected chi connectivity index (χ2v) is 11.1. The van der Waals surface area contributed by atoms with Gasteiger partial charge in [-0.2, -0.15) is 0 Å². The Hall–Kier alpha value is -3.73. The highest BCUT2D eigenvalue weighted by atomic mass is 16.3. The zero-order valence-electron chi connectivity index (χ0n) is 22.5. The highest BCUT2D eigenvalue weighted by Crippen LogP contribution is 2.53. The molecule has 0 saturated carbocycles. The van der Waals surface area contributed by atoms with Gasteiger partial charge in [-0.25, -0.2) is 0 Å². The van der Waals surface area contributed by atoms with Crippen LogP contribution in [-0.4, -0.2) is 68.0 Å². The van der Waals surface area contributed by atoms with Crippen molar-refractivity contribution >= 4 is 17.5 Å². The second-order valence-electron chi connectivity index (χ2n) is 11.1. The number of benzene rings is 1. The molecule has 3 aliphatic rings. The molecule has 206 valence electrons. The smallest absolute Gasteiger partial charge is 0.255 e.